The van der Waals surface area contributed by atoms with Gasteiger partial charge in [-0.25, -0.2) is 0 Å². The van der Waals surface area contributed by atoms with Crippen LogP contribution in [0.2, 0.25) is 0 Å². The van der Waals surface area contributed by atoms with Crippen molar-refractivity contribution in [3.63, 3.8) is 0 Å². The maximum Gasteiger partial charge on any atom is 0.0737 e. The zero-order chi connectivity index (χ0) is 10.4. The molecule has 0 spiro atoms. The second-order valence-electron chi connectivity index (χ2n) is 4.22. The van der Waals surface area contributed by atoms with Crippen LogP contribution in [0.5, 0.6) is 0 Å². The van der Waals surface area contributed by atoms with Gasteiger partial charge in [-0.2, -0.15) is 0 Å². The molecule has 80 valence electrons. The van der Waals surface area contributed by atoms with Crippen molar-refractivity contribution in [3.8, 4) is 0 Å². The standard InChI is InChI=1S/C11H13BrN2S/c1-13-11-6-9(12)4-5-10(11)14(15-13)7-8-2-3-8/h4-6,8H,2-3,7H2,1H3. The molecule has 0 atom stereocenters. The fourth-order valence-corrected chi connectivity index (χ4v) is 3.26. The number of hydrogen-bond donors (Lipinski definition) is 0. The third kappa shape index (κ3) is 1.85. The smallest absolute Gasteiger partial charge is 0.0737 e. The number of halogens is 1. The van der Waals surface area contributed by atoms with Gasteiger partial charge in [-0.15, -0.1) is 0 Å². The summed E-state index contributed by atoms with van der Waals surface area (Å²) in [6.07, 6.45) is 2.82. The van der Waals surface area contributed by atoms with E-state index in [9.17, 15) is 0 Å². The van der Waals surface area contributed by atoms with E-state index < -0.39 is 0 Å². The zero-order valence-electron chi connectivity index (χ0n) is 8.61. The third-order valence-corrected chi connectivity index (χ3v) is 4.37. The zero-order valence-corrected chi connectivity index (χ0v) is 11.0. The topological polar surface area (TPSA) is 6.48 Å². The van der Waals surface area contributed by atoms with Crippen molar-refractivity contribution in [1.82, 2.24) is 0 Å². The van der Waals surface area contributed by atoms with Gasteiger partial charge in [-0.3, -0.25) is 8.61 Å². The molecule has 0 unspecified atom stereocenters. The van der Waals surface area contributed by atoms with E-state index >= 15 is 0 Å². The van der Waals surface area contributed by atoms with Gasteiger partial charge in [0.15, 0.2) is 0 Å². The first-order valence-electron chi connectivity index (χ1n) is 5.23. The molecule has 1 fully saturated rings. The number of nitrogens with zero attached hydrogens (tertiary/aromatic N) is 2. The highest BCUT2D eigenvalue weighted by atomic mass is 79.9. The predicted molar refractivity (Wildman–Crippen MR) is 70.2 cm³/mol. The maximum absolute atomic E-state index is 3.52. The Hall–Kier alpha value is -0.350. The van der Waals surface area contributed by atoms with E-state index in [4.69, 9.17) is 0 Å². The van der Waals surface area contributed by atoms with E-state index in [1.165, 1.54) is 30.8 Å². The molecule has 2 nitrogen and oxygen atoms in total. The average Bonchev–Trinajstić information content (AvgIpc) is 2.95. The van der Waals surface area contributed by atoms with Gasteiger partial charge < -0.3 is 0 Å². The van der Waals surface area contributed by atoms with Crippen LogP contribution in [-0.2, 0) is 0 Å². The summed E-state index contributed by atoms with van der Waals surface area (Å²) < 4.78 is 5.81. The molecule has 3 rings (SSSR count). The minimum Gasteiger partial charge on any atom is -0.299 e. The van der Waals surface area contributed by atoms with E-state index in [2.05, 4.69) is 49.8 Å². The highest BCUT2D eigenvalue weighted by molar-refractivity contribution is 9.10. The highest BCUT2D eigenvalue weighted by Gasteiger charge is 2.31. The van der Waals surface area contributed by atoms with E-state index in [0.29, 0.717) is 0 Å². The molecule has 0 N–H and O–H groups in total. The molecule has 1 aromatic rings. The number of rotatable bonds is 2. The molecular formula is C11H13BrN2S. The van der Waals surface area contributed by atoms with Crippen molar-refractivity contribution >= 4 is 39.4 Å². The molecule has 1 aliphatic carbocycles. The normalized spacial score (nSPS) is 19.6. The van der Waals surface area contributed by atoms with Crippen LogP contribution < -0.4 is 8.61 Å². The van der Waals surface area contributed by atoms with Crippen LogP contribution in [0, 0.1) is 5.92 Å². The number of fused-ring (bicyclic) bond motifs is 1. The predicted octanol–water partition coefficient (Wildman–Crippen LogP) is 3.68. The Morgan fingerprint density at radius 2 is 2.20 bits per heavy atom. The van der Waals surface area contributed by atoms with Crippen molar-refractivity contribution in [2.75, 3.05) is 22.2 Å². The summed E-state index contributed by atoms with van der Waals surface area (Å²) in [6, 6.07) is 6.52. The summed E-state index contributed by atoms with van der Waals surface area (Å²) >= 11 is 5.34. The van der Waals surface area contributed by atoms with Gasteiger partial charge in [0.25, 0.3) is 0 Å². The first-order valence-corrected chi connectivity index (χ1v) is 6.75. The molecular weight excluding hydrogens is 272 g/mol. The summed E-state index contributed by atoms with van der Waals surface area (Å²) in [5.74, 6) is 0.931. The lowest BCUT2D eigenvalue weighted by atomic mass is 10.2. The molecule has 0 bridgehead atoms. The van der Waals surface area contributed by atoms with E-state index in [-0.39, 0.29) is 0 Å². The first kappa shape index (κ1) is 9.85. The van der Waals surface area contributed by atoms with Crippen LogP contribution in [0.15, 0.2) is 22.7 Å². The minimum atomic E-state index is 0.931. The van der Waals surface area contributed by atoms with Crippen LogP contribution >= 0.6 is 28.1 Å². The molecule has 15 heavy (non-hydrogen) atoms. The molecule has 0 aromatic heterocycles. The van der Waals surface area contributed by atoms with Crippen LogP contribution in [0.4, 0.5) is 11.4 Å². The van der Waals surface area contributed by atoms with Gasteiger partial charge in [-0.05, 0) is 37.0 Å². The lowest BCUT2D eigenvalue weighted by Crippen LogP contribution is -2.16. The van der Waals surface area contributed by atoms with Crippen molar-refractivity contribution in [3.05, 3.63) is 22.7 Å². The van der Waals surface area contributed by atoms with Crippen LogP contribution in [0.25, 0.3) is 0 Å². The van der Waals surface area contributed by atoms with Gasteiger partial charge in [0.2, 0.25) is 0 Å². The Morgan fingerprint density at radius 1 is 1.40 bits per heavy atom. The van der Waals surface area contributed by atoms with Gasteiger partial charge in [0.1, 0.15) is 0 Å². The molecule has 0 radical (unpaired) electrons. The van der Waals surface area contributed by atoms with Gasteiger partial charge in [-0.1, -0.05) is 15.9 Å². The number of anilines is 2. The fraction of sp³-hybridized carbons (Fsp3) is 0.455. The highest BCUT2D eigenvalue weighted by Crippen LogP contribution is 2.46. The van der Waals surface area contributed by atoms with E-state index in [1.54, 1.807) is 0 Å². The summed E-state index contributed by atoms with van der Waals surface area (Å²) in [6.45, 7) is 1.20. The molecule has 0 saturated heterocycles. The van der Waals surface area contributed by atoms with Crippen LogP contribution in [0.1, 0.15) is 12.8 Å². The van der Waals surface area contributed by atoms with Crippen molar-refractivity contribution in [2.45, 2.75) is 12.8 Å². The lowest BCUT2D eigenvalue weighted by molar-refractivity contribution is 0.852. The molecule has 2 aliphatic rings. The van der Waals surface area contributed by atoms with Crippen LogP contribution in [0.3, 0.4) is 0 Å². The summed E-state index contributed by atoms with van der Waals surface area (Å²) in [7, 11) is 2.13. The van der Waals surface area contributed by atoms with Crippen molar-refractivity contribution in [1.29, 1.82) is 0 Å². The van der Waals surface area contributed by atoms with E-state index in [1.807, 2.05) is 12.1 Å². The molecule has 1 aliphatic heterocycles. The first-order chi connectivity index (χ1) is 7.24. The lowest BCUT2D eigenvalue weighted by Gasteiger charge is -2.16. The molecule has 0 amide bonds. The SMILES string of the molecule is CN1SN(CC2CC2)c2ccc(Br)cc21. The van der Waals surface area contributed by atoms with Crippen molar-refractivity contribution in [2.24, 2.45) is 5.92 Å². The summed E-state index contributed by atoms with van der Waals surface area (Å²) in [5.41, 5.74) is 2.67. The van der Waals surface area contributed by atoms with Gasteiger partial charge in [0.05, 0.1) is 23.5 Å². The monoisotopic (exact) mass is 284 g/mol. The Labute approximate surface area is 103 Å². The third-order valence-electron chi connectivity index (χ3n) is 2.89. The van der Waals surface area contributed by atoms with Gasteiger partial charge in [0, 0.05) is 18.1 Å². The molecule has 4 heteroatoms. The number of benzene rings is 1. The quantitative estimate of drug-likeness (QED) is 0.765. The minimum absolute atomic E-state index is 0.931. The Morgan fingerprint density at radius 3 is 2.93 bits per heavy atom. The number of hydrogen-bond acceptors (Lipinski definition) is 3. The largest absolute Gasteiger partial charge is 0.299 e. The Kier molecular flexibility index (Phi) is 2.36. The Bertz CT molecular complexity index is 392. The van der Waals surface area contributed by atoms with E-state index in [0.717, 1.165) is 10.4 Å². The summed E-state index contributed by atoms with van der Waals surface area (Å²) in [4.78, 5) is 0. The second-order valence-corrected chi connectivity index (χ2v) is 6.28. The molecule has 1 saturated carbocycles. The van der Waals surface area contributed by atoms with Gasteiger partial charge >= 0.3 is 0 Å². The molecule has 1 aromatic carbocycles. The fourth-order valence-electron chi connectivity index (χ4n) is 1.86. The Balaban J connectivity index is 1.90. The molecule has 1 heterocycles. The average molecular weight is 285 g/mol. The van der Waals surface area contributed by atoms with Crippen LogP contribution in [-0.4, -0.2) is 13.6 Å². The maximum atomic E-state index is 3.52. The van der Waals surface area contributed by atoms with Crippen molar-refractivity contribution < 1.29 is 0 Å². The summed E-state index contributed by atoms with van der Waals surface area (Å²) in [5, 5.41) is 0. The second kappa shape index (κ2) is 3.59.